The van der Waals surface area contributed by atoms with Gasteiger partial charge in [-0.2, -0.15) is 0 Å². The second-order valence-electron chi connectivity index (χ2n) is 17.7. The second-order valence-corrected chi connectivity index (χ2v) is 18.7. The number of pyridine rings is 1. The van der Waals surface area contributed by atoms with Crippen LogP contribution in [0.15, 0.2) is 188 Å². The Labute approximate surface area is 429 Å². The smallest absolute Gasteiger partial charge is 0.0617 e. The SMILES string of the molecule is [2H]c1c([2H])c([2H])c(-c2ccc3c(c2)c2ccc(Oc4[c-]c(-n5[c](=[Pt])n(-c6c(-c7c([2H])c([2H])c([2H])c([2H])c7[2H])cc7c(c6-c6c([2H])c([2H])c([2H])c([2H])c6[2H])CCCC7)c6ccccc65)ccc4)[c-]c2n3-c2cc(C(C)(C)C)ccn2)c([2H])c1[2H]. The van der Waals surface area contributed by atoms with E-state index in [0.29, 0.717) is 67.3 Å². The quantitative estimate of drug-likeness (QED) is 0.142. The fourth-order valence-corrected chi connectivity index (χ4v) is 10.5. The monoisotopic (exact) mass is 1070 g/mol. The van der Waals surface area contributed by atoms with Crippen molar-refractivity contribution in [2.45, 2.75) is 51.9 Å². The number of para-hydroxylation sites is 2. The molecular formula is C62H48N4OPt-2. The van der Waals surface area contributed by atoms with E-state index < -0.39 is 78.6 Å². The van der Waals surface area contributed by atoms with E-state index in [1.165, 1.54) is 0 Å². The number of rotatable bonds is 8. The van der Waals surface area contributed by atoms with Crippen LogP contribution in [0.3, 0.4) is 0 Å². The molecule has 11 aromatic rings. The summed E-state index contributed by atoms with van der Waals surface area (Å²) in [6.45, 7) is 6.34. The molecule has 6 heteroatoms. The molecule has 0 atom stereocenters. The van der Waals surface area contributed by atoms with Crippen LogP contribution in [0.1, 0.15) is 70.9 Å². The van der Waals surface area contributed by atoms with Crippen molar-refractivity contribution in [3.63, 3.8) is 0 Å². The van der Waals surface area contributed by atoms with Crippen LogP contribution in [0, 0.1) is 15.9 Å². The fraction of sp³-hybridized carbons (Fsp3) is 0.129. The minimum Gasteiger partial charge on any atom is -0.0617 e. The number of hydrogen-bond donors (Lipinski definition) is 0. The third-order valence-corrected chi connectivity index (χ3v) is 13.6. The van der Waals surface area contributed by atoms with Gasteiger partial charge in [0.1, 0.15) is 0 Å². The third-order valence-electron chi connectivity index (χ3n) is 12.6. The zero-order valence-electron chi connectivity index (χ0n) is 52.1. The van der Waals surface area contributed by atoms with Gasteiger partial charge in [-0.05, 0) is 28.2 Å². The molecule has 0 radical (unpaired) electrons. The topological polar surface area (TPSA) is 36.9 Å². The molecule has 1 aliphatic rings. The van der Waals surface area contributed by atoms with Crippen LogP contribution >= 0.6 is 0 Å². The van der Waals surface area contributed by atoms with E-state index in [1.807, 2.05) is 86.5 Å². The summed E-state index contributed by atoms with van der Waals surface area (Å²) < 4.78 is 145. The van der Waals surface area contributed by atoms with Gasteiger partial charge in [0, 0.05) is 6.20 Å². The van der Waals surface area contributed by atoms with Gasteiger partial charge < -0.3 is 0 Å². The average Bonchev–Trinajstić information content (AvgIpc) is 3.21. The van der Waals surface area contributed by atoms with Crippen LogP contribution in [0.5, 0.6) is 11.5 Å². The minimum atomic E-state index is -0.572. The van der Waals surface area contributed by atoms with Crippen molar-refractivity contribution in [2.24, 2.45) is 0 Å². The Hall–Kier alpha value is -7.33. The first-order chi connectivity index (χ1) is 39.5. The summed E-state index contributed by atoms with van der Waals surface area (Å²) in [7, 11) is 0. The van der Waals surface area contributed by atoms with Crippen molar-refractivity contribution in [3.8, 4) is 62.1 Å². The van der Waals surface area contributed by atoms with Gasteiger partial charge in [-0.25, -0.2) is 0 Å². The van der Waals surface area contributed by atoms with Crippen LogP contribution in [0.2, 0.25) is 0 Å². The number of aryl methyl sites for hydroxylation is 1. The molecule has 0 fully saturated rings. The summed E-state index contributed by atoms with van der Waals surface area (Å²) in [5.41, 5.74) is 6.53. The summed E-state index contributed by atoms with van der Waals surface area (Å²) >= 11 is 2.16. The summed E-state index contributed by atoms with van der Waals surface area (Å²) in [4.78, 5) is 4.83. The molecule has 0 bridgehead atoms. The number of hydrogen-bond acceptors (Lipinski definition) is 2. The van der Waals surface area contributed by atoms with E-state index >= 15 is 0 Å². The number of fused-ring (bicyclic) bond motifs is 5. The first kappa shape index (κ1) is 28.8. The Bertz CT molecular complexity index is 4610. The number of nitrogens with zero attached hydrogens (tertiary/aromatic N) is 4. The van der Waals surface area contributed by atoms with Crippen molar-refractivity contribution >= 4 is 32.8 Å². The first-order valence-electron chi connectivity index (χ1n) is 29.8. The maximum absolute atomic E-state index is 9.41. The zero-order chi connectivity index (χ0) is 59.0. The molecule has 0 amide bonds. The summed E-state index contributed by atoms with van der Waals surface area (Å²) in [6.07, 6.45) is 4.29. The Morgan fingerprint density at radius 1 is 0.603 bits per heavy atom. The molecule has 0 N–H and O–H groups in total. The Kier molecular flexibility index (Phi) is 7.22. The maximum atomic E-state index is 9.41. The molecule has 334 valence electrons. The van der Waals surface area contributed by atoms with Crippen LogP contribution in [-0.2, 0) is 37.6 Å². The Morgan fingerprint density at radius 2 is 1.29 bits per heavy atom. The summed E-state index contributed by atoms with van der Waals surface area (Å²) in [6, 6.07) is 27.7. The predicted octanol–water partition coefficient (Wildman–Crippen LogP) is 15.6. The van der Waals surface area contributed by atoms with Gasteiger partial charge in [0.15, 0.2) is 0 Å². The first-order valence-corrected chi connectivity index (χ1v) is 23.4. The van der Waals surface area contributed by atoms with Gasteiger partial charge in [-0.3, -0.25) is 0 Å². The molecule has 3 heterocycles. The number of aromatic nitrogens is 4. The van der Waals surface area contributed by atoms with Gasteiger partial charge in [0.05, 0.1) is 6.85 Å². The molecule has 0 spiro atoms. The average molecular weight is 1080 g/mol. The van der Waals surface area contributed by atoms with Crippen molar-refractivity contribution in [2.75, 3.05) is 0 Å². The molecule has 0 unspecified atom stereocenters. The molecule has 8 aromatic carbocycles. The standard InChI is InChI=1S/C62H48N4O.Pt/c1-62(2,3)47-34-35-63-59(38-47)66-55-33-30-45(42-18-7-4-8-19-42)36-54(55)52-32-31-50(40-58(52)66)67-49-26-17-25-48(39-49)64-41-65(57-29-16-15-28-56(57)64)61-53(43-20-9-5-10-21-43)37-46-24-13-14-27-51(46)60(61)44-22-11-6-12-23-44;/h4-12,15-23,25-26,28-38H,13-14,24,27H2,1-3H3;/q-2;/i4D,5D,6D,7D,8D,9D,10D,11D,12D,18D,19D,20D,21D,22D,23D;. The molecular weight excluding hydrogens is 1010 g/mol. The van der Waals surface area contributed by atoms with Gasteiger partial charge in [0.2, 0.25) is 0 Å². The van der Waals surface area contributed by atoms with Crippen molar-refractivity contribution in [1.29, 1.82) is 0 Å². The summed E-state index contributed by atoms with van der Waals surface area (Å²) in [5.74, 6) is 1.21. The predicted molar refractivity (Wildman–Crippen MR) is 274 cm³/mol. The normalized spacial score (nSPS) is 15.9. The van der Waals surface area contributed by atoms with E-state index in [-0.39, 0.29) is 45.4 Å². The van der Waals surface area contributed by atoms with Crippen LogP contribution in [0.25, 0.3) is 83.4 Å². The minimum absolute atomic E-state index is 0.0693. The molecule has 0 saturated heterocycles. The van der Waals surface area contributed by atoms with Gasteiger partial charge in [0.25, 0.3) is 0 Å². The molecule has 3 aromatic heterocycles. The number of benzene rings is 8. The van der Waals surface area contributed by atoms with E-state index in [1.54, 1.807) is 24.4 Å². The molecule has 68 heavy (non-hydrogen) atoms. The fourth-order valence-electron chi connectivity index (χ4n) is 9.42. The van der Waals surface area contributed by atoms with E-state index in [0.717, 1.165) is 45.8 Å². The zero-order valence-corrected chi connectivity index (χ0v) is 39.4. The van der Waals surface area contributed by atoms with Crippen LogP contribution in [0.4, 0.5) is 0 Å². The van der Waals surface area contributed by atoms with Crippen LogP contribution < -0.4 is 4.74 Å². The molecule has 0 aliphatic heterocycles. The van der Waals surface area contributed by atoms with Crippen molar-refractivity contribution < 1.29 is 44.7 Å². The third kappa shape index (κ3) is 7.37. The second kappa shape index (κ2) is 17.1. The molecule has 5 nitrogen and oxygen atoms in total. The molecule has 0 saturated carbocycles. The van der Waals surface area contributed by atoms with E-state index in [9.17, 15) is 5.48 Å². The van der Waals surface area contributed by atoms with E-state index in [4.69, 9.17) is 24.8 Å². The van der Waals surface area contributed by atoms with Gasteiger partial charge in [-0.15, -0.1) is 0 Å². The Morgan fingerprint density at radius 3 is 2.04 bits per heavy atom. The summed E-state index contributed by atoms with van der Waals surface area (Å²) in [5, 5.41) is 1.45. The van der Waals surface area contributed by atoms with Crippen molar-refractivity contribution in [1.82, 2.24) is 18.7 Å². The van der Waals surface area contributed by atoms with E-state index in [2.05, 4.69) is 52.3 Å². The number of imidazole rings is 1. The molecule has 1 aliphatic carbocycles. The van der Waals surface area contributed by atoms with Gasteiger partial charge >= 0.3 is 332 Å². The van der Waals surface area contributed by atoms with Gasteiger partial charge in [-0.1, -0.05) is 57.0 Å². The Balaban J connectivity index is 1.06. The van der Waals surface area contributed by atoms with Crippen LogP contribution in [-0.4, -0.2) is 18.7 Å². The van der Waals surface area contributed by atoms with Crippen molar-refractivity contribution in [3.05, 3.63) is 220 Å². The number of ether oxygens (including phenoxy) is 1. The molecule has 12 rings (SSSR count).